The summed E-state index contributed by atoms with van der Waals surface area (Å²) < 4.78 is 11.4. The van der Waals surface area contributed by atoms with Crippen LogP contribution in [0.4, 0.5) is 4.79 Å². The van der Waals surface area contributed by atoms with Crippen molar-refractivity contribution in [3.05, 3.63) is 29.8 Å². The molecule has 4 N–H and O–H groups in total. The molecular weight excluding hydrogens is 484 g/mol. The number of carbonyl (C=O) groups excluding carboxylic acids is 2. The first kappa shape index (κ1) is 28.7. The van der Waals surface area contributed by atoms with Crippen LogP contribution in [0.25, 0.3) is 0 Å². The van der Waals surface area contributed by atoms with Gasteiger partial charge in [0.05, 0.1) is 19.8 Å². The van der Waals surface area contributed by atoms with Crippen molar-refractivity contribution in [3.8, 4) is 5.75 Å². The molecular formula is C30H46N2O6. The molecule has 0 unspecified atom stereocenters. The number of carbonyl (C=O) groups is 2. The number of aliphatic hydroxyl groups is 2. The summed E-state index contributed by atoms with van der Waals surface area (Å²) in [5, 5.41) is 27.8. The highest BCUT2D eigenvalue weighted by Gasteiger charge is 2.60. The van der Waals surface area contributed by atoms with Gasteiger partial charge in [-0.25, -0.2) is 4.79 Å². The van der Waals surface area contributed by atoms with Crippen LogP contribution in [0.3, 0.4) is 0 Å². The molecule has 3 fully saturated rings. The Balaban J connectivity index is 1.42. The minimum absolute atomic E-state index is 0.0108. The number of fused-ring (bicyclic) bond motifs is 1. The smallest absolute Gasteiger partial charge is 0.407 e. The molecule has 0 saturated heterocycles. The van der Waals surface area contributed by atoms with E-state index in [1.165, 1.54) is 6.42 Å². The maximum Gasteiger partial charge on any atom is 0.407 e. The van der Waals surface area contributed by atoms with Crippen LogP contribution in [0, 0.1) is 22.7 Å². The highest BCUT2D eigenvalue weighted by atomic mass is 16.6. The molecule has 2 amide bonds. The van der Waals surface area contributed by atoms with E-state index in [0.717, 1.165) is 49.8 Å². The van der Waals surface area contributed by atoms with Gasteiger partial charge in [-0.15, -0.1) is 0 Å². The highest BCUT2D eigenvalue weighted by Crippen LogP contribution is 2.61. The van der Waals surface area contributed by atoms with Crippen molar-refractivity contribution in [2.45, 2.75) is 103 Å². The number of methoxy groups -OCH3 is 1. The van der Waals surface area contributed by atoms with Gasteiger partial charge in [-0.3, -0.25) is 4.79 Å². The zero-order chi connectivity index (χ0) is 27.3. The molecule has 3 saturated carbocycles. The van der Waals surface area contributed by atoms with Crippen molar-refractivity contribution < 1.29 is 29.3 Å². The summed E-state index contributed by atoms with van der Waals surface area (Å²) >= 11 is 0. The average Bonchev–Trinajstić information content (AvgIpc) is 2.92. The van der Waals surface area contributed by atoms with Crippen LogP contribution in [-0.4, -0.2) is 54.2 Å². The first-order chi connectivity index (χ1) is 18.2. The first-order valence-corrected chi connectivity index (χ1v) is 14.4. The van der Waals surface area contributed by atoms with E-state index >= 15 is 0 Å². The van der Waals surface area contributed by atoms with E-state index in [0.29, 0.717) is 19.4 Å². The fourth-order valence-corrected chi connectivity index (χ4v) is 7.67. The molecule has 8 heteroatoms. The Morgan fingerprint density at radius 2 is 1.79 bits per heavy atom. The summed E-state index contributed by atoms with van der Waals surface area (Å²) in [5.41, 5.74) is -0.117. The van der Waals surface area contributed by atoms with Gasteiger partial charge >= 0.3 is 6.09 Å². The fraction of sp³-hybridized carbons (Fsp3) is 0.733. The van der Waals surface area contributed by atoms with Crippen molar-refractivity contribution in [2.24, 2.45) is 22.7 Å². The molecule has 4 rings (SSSR count). The summed E-state index contributed by atoms with van der Waals surface area (Å²) in [6.45, 7) is 4.39. The number of aliphatic hydroxyl groups excluding tert-OH is 2. The van der Waals surface area contributed by atoms with Crippen molar-refractivity contribution in [1.82, 2.24) is 10.6 Å². The van der Waals surface area contributed by atoms with Crippen LogP contribution in [-0.2, 0) is 16.1 Å². The summed E-state index contributed by atoms with van der Waals surface area (Å²) in [6, 6.07) is 7.75. The second kappa shape index (κ2) is 12.2. The zero-order valence-corrected chi connectivity index (χ0v) is 23.2. The number of nitrogens with one attached hydrogen (secondary N) is 2. The quantitative estimate of drug-likeness (QED) is 0.398. The molecule has 8 nitrogen and oxygen atoms in total. The number of alkyl carbamates (subject to hydrolysis) is 1. The van der Waals surface area contributed by atoms with Gasteiger partial charge in [0.1, 0.15) is 11.9 Å². The number of para-hydroxylation sites is 1. The van der Waals surface area contributed by atoms with E-state index in [4.69, 9.17) is 9.47 Å². The lowest BCUT2D eigenvalue weighted by Gasteiger charge is -2.60. The van der Waals surface area contributed by atoms with E-state index < -0.39 is 23.7 Å². The van der Waals surface area contributed by atoms with Crippen LogP contribution in [0.15, 0.2) is 24.3 Å². The van der Waals surface area contributed by atoms with E-state index in [1.807, 2.05) is 31.2 Å². The summed E-state index contributed by atoms with van der Waals surface area (Å²) in [7, 11) is 1.61. The number of amides is 2. The fourth-order valence-electron chi connectivity index (χ4n) is 7.67. The monoisotopic (exact) mass is 530 g/mol. The molecule has 0 spiro atoms. The summed E-state index contributed by atoms with van der Waals surface area (Å²) in [5.74, 6) is 0.373. The molecule has 38 heavy (non-hydrogen) atoms. The molecule has 1 aromatic rings. The van der Waals surface area contributed by atoms with E-state index in [-0.39, 0.29) is 42.2 Å². The van der Waals surface area contributed by atoms with Crippen molar-refractivity contribution >= 4 is 12.0 Å². The number of hydrogen-bond donors (Lipinski definition) is 4. The van der Waals surface area contributed by atoms with Gasteiger partial charge in [-0.05, 0) is 61.8 Å². The predicted molar refractivity (Wildman–Crippen MR) is 144 cm³/mol. The minimum Gasteiger partial charge on any atom is -0.496 e. The lowest BCUT2D eigenvalue weighted by molar-refractivity contribution is -0.186. The third-order valence-corrected chi connectivity index (χ3v) is 9.93. The Labute approximate surface area is 226 Å². The SMILES string of the molecule is COc1ccccc1CNC(=O)C[C@@H]1[C@H](O)CC[C@@H]2[C@](C)(CO)[C@H](OC(=O)NC3CCCCC3)CC[C@]21C. The van der Waals surface area contributed by atoms with E-state index in [2.05, 4.69) is 17.6 Å². The Hall–Kier alpha value is -2.32. The standard InChI is InChI=1S/C30H46N2O6/c1-29-16-15-26(38-28(36)32-21-10-5-4-6-11-21)30(2,19-33)25(29)14-13-23(34)22(29)17-27(35)31-18-20-9-7-8-12-24(20)37-3/h7-9,12,21-23,25-26,33-34H,4-6,10-11,13-19H2,1-3H3,(H,31,35)(H,32,36)/t22-,23-,25+,26-,29+,30+/m1/s1. The van der Waals surface area contributed by atoms with Crippen LogP contribution in [0.2, 0.25) is 0 Å². The van der Waals surface area contributed by atoms with E-state index in [1.54, 1.807) is 7.11 Å². The lowest BCUT2D eigenvalue weighted by Crippen LogP contribution is -2.61. The Bertz CT molecular complexity index is 966. The van der Waals surface area contributed by atoms with Gasteiger partial charge in [0.25, 0.3) is 0 Å². The molecule has 0 bridgehead atoms. The minimum atomic E-state index is -0.650. The van der Waals surface area contributed by atoms with Gasteiger partial charge in [0, 0.05) is 30.0 Å². The molecule has 3 aliphatic carbocycles. The average molecular weight is 531 g/mol. The second-order valence-corrected chi connectivity index (χ2v) is 12.2. The first-order valence-electron chi connectivity index (χ1n) is 14.4. The van der Waals surface area contributed by atoms with Crippen LogP contribution in [0.5, 0.6) is 5.75 Å². The second-order valence-electron chi connectivity index (χ2n) is 12.2. The number of hydrogen-bond acceptors (Lipinski definition) is 6. The van der Waals surface area contributed by atoms with Crippen LogP contribution < -0.4 is 15.4 Å². The lowest BCUT2D eigenvalue weighted by atomic mass is 9.46. The zero-order valence-electron chi connectivity index (χ0n) is 23.2. The number of benzene rings is 1. The molecule has 1 aromatic carbocycles. The van der Waals surface area contributed by atoms with Crippen molar-refractivity contribution in [3.63, 3.8) is 0 Å². The van der Waals surface area contributed by atoms with Crippen LogP contribution >= 0.6 is 0 Å². The normalized spacial score (nSPS) is 33.6. The molecule has 6 atom stereocenters. The van der Waals surface area contributed by atoms with Gasteiger partial charge in [-0.2, -0.15) is 0 Å². The number of ether oxygens (including phenoxy) is 2. The maximum atomic E-state index is 13.1. The van der Waals surface area contributed by atoms with Gasteiger partial charge in [0.15, 0.2) is 0 Å². The summed E-state index contributed by atoms with van der Waals surface area (Å²) in [6.07, 6.45) is 6.82. The highest BCUT2D eigenvalue weighted by molar-refractivity contribution is 5.76. The predicted octanol–water partition coefficient (Wildman–Crippen LogP) is 4.31. The Morgan fingerprint density at radius 1 is 1.05 bits per heavy atom. The van der Waals surface area contributed by atoms with E-state index in [9.17, 15) is 19.8 Å². The molecule has 0 heterocycles. The third-order valence-electron chi connectivity index (χ3n) is 9.93. The third kappa shape index (κ3) is 5.96. The largest absolute Gasteiger partial charge is 0.496 e. The molecule has 0 aromatic heterocycles. The molecule has 0 radical (unpaired) electrons. The van der Waals surface area contributed by atoms with Gasteiger partial charge < -0.3 is 30.3 Å². The van der Waals surface area contributed by atoms with Crippen molar-refractivity contribution in [2.75, 3.05) is 13.7 Å². The number of rotatable bonds is 8. The Kier molecular flexibility index (Phi) is 9.24. The molecule has 0 aliphatic heterocycles. The topological polar surface area (TPSA) is 117 Å². The molecule has 3 aliphatic rings. The van der Waals surface area contributed by atoms with Gasteiger partial charge in [-0.1, -0.05) is 51.3 Å². The van der Waals surface area contributed by atoms with Gasteiger partial charge in [0.2, 0.25) is 5.91 Å². The molecule has 212 valence electrons. The Morgan fingerprint density at radius 3 is 2.50 bits per heavy atom. The summed E-state index contributed by atoms with van der Waals surface area (Å²) in [4.78, 5) is 25.9. The van der Waals surface area contributed by atoms with Crippen LogP contribution in [0.1, 0.15) is 83.6 Å². The maximum absolute atomic E-state index is 13.1. The van der Waals surface area contributed by atoms with Crippen molar-refractivity contribution in [1.29, 1.82) is 0 Å².